The maximum Gasteiger partial charge on any atom is 1.00 e. The van der Waals surface area contributed by atoms with E-state index in [0.717, 1.165) is 10.5 Å². The average Bonchev–Trinajstić information content (AvgIpc) is 2.47. The van der Waals surface area contributed by atoms with Gasteiger partial charge in [0.15, 0.2) is 5.78 Å². The van der Waals surface area contributed by atoms with Crippen molar-refractivity contribution < 1.29 is 44.3 Å². The predicted molar refractivity (Wildman–Crippen MR) is 86.6 cm³/mol. The Morgan fingerprint density at radius 2 is 1.78 bits per heavy atom. The van der Waals surface area contributed by atoms with Gasteiger partial charge in [-0.1, -0.05) is 33.6 Å². The van der Waals surface area contributed by atoms with Crippen molar-refractivity contribution in [3.8, 4) is 0 Å². The number of allylic oxidation sites excluding steroid dienone is 1. The molecule has 0 aliphatic heterocycles. The van der Waals surface area contributed by atoms with Gasteiger partial charge < -0.3 is 10.4 Å². The van der Waals surface area contributed by atoms with Gasteiger partial charge >= 0.3 is 29.6 Å². The molecular formula is C16H10BrClNNaO3. The van der Waals surface area contributed by atoms with Gasteiger partial charge in [0.1, 0.15) is 0 Å². The molecule has 0 aliphatic carbocycles. The van der Waals surface area contributed by atoms with E-state index in [4.69, 9.17) is 11.6 Å². The Labute approximate surface area is 169 Å². The van der Waals surface area contributed by atoms with Crippen LogP contribution in [-0.2, 0) is 4.79 Å². The molecule has 1 N–H and O–H groups in total. The maximum atomic E-state index is 11.9. The van der Waals surface area contributed by atoms with E-state index in [1.807, 2.05) is 0 Å². The molecule has 1 amide bonds. The van der Waals surface area contributed by atoms with Crippen molar-refractivity contribution in [1.82, 2.24) is 0 Å². The van der Waals surface area contributed by atoms with E-state index < -0.39 is 17.4 Å². The second kappa shape index (κ2) is 9.25. The first-order chi connectivity index (χ1) is 10.5. The summed E-state index contributed by atoms with van der Waals surface area (Å²) in [6.07, 6.45) is 0.760. The molecule has 0 heterocycles. The molecule has 0 saturated carbocycles. The molecule has 0 aromatic heterocycles. The number of carbonyl (C=O) groups excluding carboxylic acids is 2. The third-order valence-corrected chi connectivity index (χ3v) is 3.44. The Morgan fingerprint density at radius 1 is 1.13 bits per heavy atom. The van der Waals surface area contributed by atoms with Crippen molar-refractivity contribution in [2.75, 3.05) is 5.32 Å². The van der Waals surface area contributed by atoms with Gasteiger partial charge in [0.05, 0.1) is 0 Å². The Hall–Kier alpha value is -1.11. The van der Waals surface area contributed by atoms with Gasteiger partial charge in [-0.05, 0) is 54.3 Å². The fourth-order valence-corrected chi connectivity index (χ4v) is 2.17. The van der Waals surface area contributed by atoms with Crippen LogP contribution in [0.25, 0.3) is 0 Å². The minimum absolute atomic E-state index is 0. The van der Waals surface area contributed by atoms with Gasteiger partial charge in [-0.15, -0.1) is 0 Å². The molecule has 7 heteroatoms. The summed E-state index contributed by atoms with van der Waals surface area (Å²) in [6, 6.07) is 12.8. The number of halogens is 2. The van der Waals surface area contributed by atoms with E-state index in [-0.39, 0.29) is 35.1 Å². The summed E-state index contributed by atoms with van der Waals surface area (Å²) in [7, 11) is 0. The second-order valence-electron chi connectivity index (χ2n) is 4.34. The minimum Gasteiger partial charge on any atom is -0.869 e. The molecule has 0 unspecified atom stereocenters. The van der Waals surface area contributed by atoms with Gasteiger partial charge in [-0.2, -0.15) is 0 Å². The van der Waals surface area contributed by atoms with Crippen LogP contribution < -0.4 is 40.0 Å². The minimum atomic E-state index is -0.917. The zero-order chi connectivity index (χ0) is 16.1. The van der Waals surface area contributed by atoms with Crippen LogP contribution >= 0.6 is 27.5 Å². The normalized spacial score (nSPS) is 10.6. The van der Waals surface area contributed by atoms with Crippen LogP contribution in [0, 0.1) is 0 Å². The molecule has 2 aromatic carbocycles. The standard InChI is InChI=1S/C16H11BrClNO3.Na/c17-11-2-1-3-13(8-11)19-16(22)15(21)9-14(20)10-4-6-12(18)7-5-10;/h1-9,21H,(H,19,22);/q;+1/p-1/b15-9-;. The summed E-state index contributed by atoms with van der Waals surface area (Å²) in [4.78, 5) is 23.6. The van der Waals surface area contributed by atoms with E-state index in [1.54, 1.807) is 24.3 Å². The Balaban J connectivity index is 0.00000264. The zero-order valence-electron chi connectivity index (χ0n) is 12.2. The summed E-state index contributed by atoms with van der Waals surface area (Å²) in [5.74, 6) is -2.34. The summed E-state index contributed by atoms with van der Waals surface area (Å²) >= 11 is 8.98. The maximum absolute atomic E-state index is 11.9. The van der Waals surface area contributed by atoms with Crippen molar-refractivity contribution in [3.05, 3.63) is 75.4 Å². The smallest absolute Gasteiger partial charge is 0.869 e. The first-order valence-corrected chi connectivity index (χ1v) is 7.38. The molecule has 112 valence electrons. The van der Waals surface area contributed by atoms with Gasteiger partial charge in [0.25, 0.3) is 0 Å². The van der Waals surface area contributed by atoms with Crippen LogP contribution in [0.2, 0.25) is 5.02 Å². The van der Waals surface area contributed by atoms with E-state index in [0.29, 0.717) is 10.7 Å². The van der Waals surface area contributed by atoms with E-state index in [9.17, 15) is 14.7 Å². The molecule has 0 fully saturated rings. The summed E-state index contributed by atoms with van der Waals surface area (Å²) in [5.41, 5.74) is 0.744. The predicted octanol–water partition coefficient (Wildman–Crippen LogP) is 0.172. The molecular weight excluding hydrogens is 393 g/mol. The van der Waals surface area contributed by atoms with Gasteiger partial charge in [0.2, 0.25) is 5.91 Å². The summed E-state index contributed by atoms with van der Waals surface area (Å²) in [6.45, 7) is 0. The van der Waals surface area contributed by atoms with Crippen molar-refractivity contribution in [3.63, 3.8) is 0 Å². The molecule has 0 atom stereocenters. The topological polar surface area (TPSA) is 69.2 Å². The molecule has 2 aromatic rings. The van der Waals surface area contributed by atoms with Crippen LogP contribution in [0.3, 0.4) is 0 Å². The largest absolute Gasteiger partial charge is 1.00 e. The number of ketones is 1. The van der Waals surface area contributed by atoms with E-state index >= 15 is 0 Å². The molecule has 0 spiro atoms. The second-order valence-corrected chi connectivity index (χ2v) is 5.70. The number of rotatable bonds is 4. The first kappa shape index (κ1) is 19.9. The fourth-order valence-electron chi connectivity index (χ4n) is 1.64. The number of hydrogen-bond acceptors (Lipinski definition) is 3. The fraction of sp³-hybridized carbons (Fsp3) is 0. The van der Waals surface area contributed by atoms with Crippen molar-refractivity contribution in [2.45, 2.75) is 0 Å². The monoisotopic (exact) mass is 401 g/mol. The number of benzene rings is 2. The Bertz CT molecular complexity index is 747. The van der Waals surface area contributed by atoms with Crippen LogP contribution in [0.5, 0.6) is 0 Å². The SMILES string of the molecule is O=C(Nc1cccc(Br)c1)/C([O-])=C/C(=O)c1ccc(Cl)cc1.[Na+]. The summed E-state index contributed by atoms with van der Waals surface area (Å²) < 4.78 is 0.763. The average molecular weight is 403 g/mol. The zero-order valence-corrected chi connectivity index (χ0v) is 16.5. The van der Waals surface area contributed by atoms with Gasteiger partial charge in [-0.25, -0.2) is 0 Å². The quantitative estimate of drug-likeness (QED) is 0.343. The third kappa shape index (κ3) is 6.12. The number of nitrogens with one attached hydrogen (secondary N) is 1. The number of carbonyl (C=O) groups is 2. The van der Waals surface area contributed by atoms with Crippen molar-refractivity contribution >= 4 is 44.9 Å². The number of anilines is 1. The van der Waals surface area contributed by atoms with Crippen LogP contribution in [0.1, 0.15) is 10.4 Å². The van der Waals surface area contributed by atoms with E-state index in [1.165, 1.54) is 24.3 Å². The Morgan fingerprint density at radius 3 is 2.39 bits per heavy atom. The third-order valence-electron chi connectivity index (χ3n) is 2.70. The molecule has 0 radical (unpaired) electrons. The molecule has 2 rings (SSSR count). The van der Waals surface area contributed by atoms with Crippen LogP contribution in [0.4, 0.5) is 5.69 Å². The summed E-state index contributed by atoms with van der Waals surface area (Å²) in [5, 5.41) is 14.7. The van der Waals surface area contributed by atoms with Crippen molar-refractivity contribution in [1.29, 1.82) is 0 Å². The molecule has 0 bridgehead atoms. The van der Waals surface area contributed by atoms with Crippen molar-refractivity contribution in [2.24, 2.45) is 0 Å². The number of hydrogen-bond donors (Lipinski definition) is 1. The molecule has 4 nitrogen and oxygen atoms in total. The molecule has 23 heavy (non-hydrogen) atoms. The van der Waals surface area contributed by atoms with Crippen LogP contribution in [-0.4, -0.2) is 11.7 Å². The van der Waals surface area contributed by atoms with E-state index in [2.05, 4.69) is 21.2 Å². The Kier molecular flexibility index (Phi) is 8.02. The molecule has 0 aliphatic rings. The van der Waals surface area contributed by atoms with Gasteiger partial charge in [-0.3, -0.25) is 9.59 Å². The van der Waals surface area contributed by atoms with Gasteiger partial charge in [0, 0.05) is 20.7 Å². The molecule has 0 saturated heterocycles. The first-order valence-electron chi connectivity index (χ1n) is 6.21. The van der Waals surface area contributed by atoms with Crippen LogP contribution in [0.15, 0.2) is 64.8 Å². The number of amides is 1.